The second-order valence-corrected chi connectivity index (χ2v) is 5.33. The van der Waals surface area contributed by atoms with E-state index < -0.39 is 6.10 Å². The molecule has 1 saturated heterocycles. The normalized spacial score (nSPS) is 18.9. The zero-order chi connectivity index (χ0) is 14.8. The molecule has 2 aromatic rings. The SMILES string of the molecule is O=C(Cn1ncc2ccccc2c1=O)N1CCCC(O)C1. The van der Waals surface area contributed by atoms with Crippen molar-refractivity contribution in [2.45, 2.75) is 25.5 Å². The van der Waals surface area contributed by atoms with Gasteiger partial charge in [0.1, 0.15) is 6.54 Å². The number of aromatic nitrogens is 2. The lowest BCUT2D eigenvalue weighted by molar-refractivity contribution is -0.135. The lowest BCUT2D eigenvalue weighted by Gasteiger charge is -2.30. The monoisotopic (exact) mass is 287 g/mol. The van der Waals surface area contributed by atoms with Crippen molar-refractivity contribution in [1.82, 2.24) is 14.7 Å². The van der Waals surface area contributed by atoms with Gasteiger partial charge < -0.3 is 10.0 Å². The van der Waals surface area contributed by atoms with Crippen LogP contribution in [0.25, 0.3) is 10.8 Å². The minimum atomic E-state index is -0.469. The van der Waals surface area contributed by atoms with Crippen LogP contribution < -0.4 is 5.56 Å². The van der Waals surface area contributed by atoms with Crippen molar-refractivity contribution in [2.24, 2.45) is 0 Å². The Labute approximate surface area is 121 Å². The molecule has 1 N–H and O–H groups in total. The van der Waals surface area contributed by atoms with Crippen LogP contribution in [0.3, 0.4) is 0 Å². The number of benzene rings is 1. The predicted octanol–water partition coefficient (Wildman–Crippen LogP) is 0.380. The summed E-state index contributed by atoms with van der Waals surface area (Å²) in [6.45, 7) is 0.871. The molecule has 1 atom stereocenters. The number of aliphatic hydroxyl groups excluding tert-OH is 1. The van der Waals surface area contributed by atoms with Crippen LogP contribution in [0.4, 0.5) is 0 Å². The van der Waals surface area contributed by atoms with Crippen LogP contribution in [0.5, 0.6) is 0 Å². The number of carbonyl (C=O) groups is 1. The summed E-state index contributed by atoms with van der Waals surface area (Å²) in [6, 6.07) is 7.17. The fraction of sp³-hybridized carbons (Fsp3) is 0.400. The Kier molecular flexibility index (Phi) is 3.70. The van der Waals surface area contributed by atoms with E-state index in [2.05, 4.69) is 5.10 Å². The molecule has 1 aliphatic heterocycles. The zero-order valence-corrected chi connectivity index (χ0v) is 11.6. The Morgan fingerprint density at radius 1 is 1.38 bits per heavy atom. The third-order valence-corrected chi connectivity index (χ3v) is 3.80. The number of amides is 1. The summed E-state index contributed by atoms with van der Waals surface area (Å²) >= 11 is 0. The highest BCUT2D eigenvalue weighted by atomic mass is 16.3. The number of hydrogen-bond donors (Lipinski definition) is 1. The minimum Gasteiger partial charge on any atom is -0.391 e. The molecular weight excluding hydrogens is 270 g/mol. The molecule has 6 nitrogen and oxygen atoms in total. The Hall–Kier alpha value is -2.21. The molecule has 3 rings (SSSR count). The Balaban J connectivity index is 1.83. The van der Waals surface area contributed by atoms with Gasteiger partial charge in [-0.2, -0.15) is 5.10 Å². The molecule has 0 saturated carbocycles. The molecular formula is C15H17N3O3. The number of rotatable bonds is 2. The summed E-state index contributed by atoms with van der Waals surface area (Å²) in [6.07, 6.45) is 2.63. The van der Waals surface area contributed by atoms with Gasteiger partial charge in [-0.1, -0.05) is 18.2 Å². The van der Waals surface area contributed by atoms with E-state index in [0.29, 0.717) is 18.5 Å². The summed E-state index contributed by atoms with van der Waals surface area (Å²) < 4.78 is 1.19. The van der Waals surface area contributed by atoms with Crippen molar-refractivity contribution in [3.05, 3.63) is 40.8 Å². The van der Waals surface area contributed by atoms with Gasteiger partial charge in [0.2, 0.25) is 5.91 Å². The number of hydrogen-bond acceptors (Lipinski definition) is 4. The summed E-state index contributed by atoms with van der Waals surface area (Å²) in [4.78, 5) is 26.1. The summed E-state index contributed by atoms with van der Waals surface area (Å²) in [7, 11) is 0. The molecule has 1 unspecified atom stereocenters. The van der Waals surface area contributed by atoms with Crippen LogP contribution in [-0.4, -0.2) is 44.9 Å². The van der Waals surface area contributed by atoms with E-state index in [1.54, 1.807) is 23.2 Å². The highest BCUT2D eigenvalue weighted by Crippen LogP contribution is 2.11. The number of β-amino-alcohol motifs (C(OH)–C–C–N with tert-alkyl or cyclic N) is 1. The average Bonchev–Trinajstić information content (AvgIpc) is 2.50. The number of aliphatic hydroxyl groups is 1. The molecule has 1 amide bonds. The molecule has 0 spiro atoms. The summed E-state index contributed by atoms with van der Waals surface area (Å²) in [5.74, 6) is -0.182. The zero-order valence-electron chi connectivity index (χ0n) is 11.6. The maximum atomic E-state index is 12.3. The van der Waals surface area contributed by atoms with Crippen molar-refractivity contribution >= 4 is 16.7 Å². The fourth-order valence-corrected chi connectivity index (χ4v) is 2.65. The molecule has 110 valence electrons. The van der Waals surface area contributed by atoms with Crippen LogP contribution in [0, 0.1) is 0 Å². The maximum Gasteiger partial charge on any atom is 0.275 e. The number of nitrogens with zero attached hydrogens (tertiary/aromatic N) is 3. The lowest BCUT2D eigenvalue weighted by Crippen LogP contribution is -2.44. The molecule has 6 heteroatoms. The fourth-order valence-electron chi connectivity index (χ4n) is 2.65. The number of fused-ring (bicyclic) bond motifs is 1. The lowest BCUT2D eigenvalue weighted by atomic mass is 10.1. The molecule has 0 bridgehead atoms. The number of piperidine rings is 1. The largest absolute Gasteiger partial charge is 0.391 e. The van der Waals surface area contributed by atoms with Crippen molar-refractivity contribution in [2.75, 3.05) is 13.1 Å². The van der Waals surface area contributed by atoms with Gasteiger partial charge in [-0.15, -0.1) is 0 Å². The van der Waals surface area contributed by atoms with Crippen LogP contribution in [0.1, 0.15) is 12.8 Å². The predicted molar refractivity (Wildman–Crippen MR) is 77.8 cm³/mol. The highest BCUT2D eigenvalue weighted by molar-refractivity contribution is 5.81. The van der Waals surface area contributed by atoms with Crippen LogP contribution >= 0.6 is 0 Å². The van der Waals surface area contributed by atoms with Gasteiger partial charge in [-0.05, 0) is 18.9 Å². The smallest absolute Gasteiger partial charge is 0.275 e. The van der Waals surface area contributed by atoms with Gasteiger partial charge in [0.15, 0.2) is 0 Å². The maximum absolute atomic E-state index is 12.3. The van der Waals surface area contributed by atoms with Gasteiger partial charge in [-0.25, -0.2) is 4.68 Å². The second kappa shape index (κ2) is 5.65. The van der Waals surface area contributed by atoms with Gasteiger partial charge in [-0.3, -0.25) is 9.59 Å². The Bertz CT molecular complexity index is 725. The van der Waals surface area contributed by atoms with Crippen LogP contribution in [-0.2, 0) is 11.3 Å². The van der Waals surface area contributed by atoms with E-state index in [1.807, 2.05) is 12.1 Å². The van der Waals surface area contributed by atoms with E-state index in [0.717, 1.165) is 18.2 Å². The topological polar surface area (TPSA) is 75.4 Å². The molecule has 1 aromatic heterocycles. The van der Waals surface area contributed by atoms with Gasteiger partial charge in [0.05, 0.1) is 17.7 Å². The first kappa shape index (κ1) is 13.8. The van der Waals surface area contributed by atoms with E-state index in [9.17, 15) is 14.7 Å². The number of carbonyl (C=O) groups excluding carboxylic acids is 1. The third-order valence-electron chi connectivity index (χ3n) is 3.80. The molecule has 0 radical (unpaired) electrons. The first-order valence-electron chi connectivity index (χ1n) is 7.06. The highest BCUT2D eigenvalue weighted by Gasteiger charge is 2.22. The average molecular weight is 287 g/mol. The molecule has 1 aliphatic rings. The summed E-state index contributed by atoms with van der Waals surface area (Å²) in [5.41, 5.74) is -0.265. The molecule has 1 fully saturated rings. The minimum absolute atomic E-state index is 0.0869. The van der Waals surface area contributed by atoms with Gasteiger partial charge in [0, 0.05) is 18.5 Å². The third kappa shape index (κ3) is 2.80. The standard InChI is InChI=1S/C15H17N3O3/c19-12-5-3-7-17(9-12)14(20)10-18-15(21)13-6-2-1-4-11(13)8-16-18/h1-2,4,6,8,12,19H,3,5,7,9-10H2. The van der Waals surface area contributed by atoms with E-state index in [-0.39, 0.29) is 18.0 Å². The van der Waals surface area contributed by atoms with E-state index >= 15 is 0 Å². The van der Waals surface area contributed by atoms with Gasteiger partial charge >= 0.3 is 0 Å². The van der Waals surface area contributed by atoms with Crippen molar-refractivity contribution in [1.29, 1.82) is 0 Å². The van der Waals surface area contributed by atoms with E-state index in [4.69, 9.17) is 0 Å². The molecule has 0 aliphatic carbocycles. The van der Waals surface area contributed by atoms with Crippen LogP contribution in [0.15, 0.2) is 35.3 Å². The molecule has 2 heterocycles. The van der Waals surface area contributed by atoms with Crippen molar-refractivity contribution in [3.63, 3.8) is 0 Å². The Morgan fingerprint density at radius 3 is 3.00 bits per heavy atom. The first-order chi connectivity index (χ1) is 10.1. The first-order valence-corrected chi connectivity index (χ1v) is 7.06. The van der Waals surface area contributed by atoms with E-state index in [1.165, 1.54) is 4.68 Å². The number of likely N-dealkylation sites (tertiary alicyclic amines) is 1. The van der Waals surface area contributed by atoms with Crippen LogP contribution in [0.2, 0.25) is 0 Å². The van der Waals surface area contributed by atoms with Gasteiger partial charge in [0.25, 0.3) is 5.56 Å². The molecule has 1 aromatic carbocycles. The van der Waals surface area contributed by atoms with Crippen molar-refractivity contribution < 1.29 is 9.90 Å². The quantitative estimate of drug-likeness (QED) is 0.866. The summed E-state index contributed by atoms with van der Waals surface area (Å²) in [5, 5.41) is 15.0. The second-order valence-electron chi connectivity index (χ2n) is 5.33. The van der Waals surface area contributed by atoms with Crippen molar-refractivity contribution in [3.8, 4) is 0 Å². The Morgan fingerprint density at radius 2 is 2.19 bits per heavy atom. The molecule has 21 heavy (non-hydrogen) atoms.